The number of hydrogen-bond acceptors (Lipinski definition) is 13. The highest BCUT2D eigenvalue weighted by Crippen LogP contribution is 2.40. The molecule has 5 rings (SSSR count). The third kappa shape index (κ3) is 5.86. The number of nitrogens with one attached hydrogen (secondary N) is 2. The molecule has 43 heavy (non-hydrogen) atoms. The molecule has 3 aromatic heterocycles. The van der Waals surface area contributed by atoms with Gasteiger partial charge in [-0.05, 0) is 6.92 Å². The van der Waals surface area contributed by atoms with Gasteiger partial charge >= 0.3 is 12.1 Å². The van der Waals surface area contributed by atoms with Crippen molar-refractivity contribution in [3.05, 3.63) is 40.7 Å². The number of carboxylic acids is 1. The maximum Gasteiger partial charge on any atom is 0.471 e. The van der Waals surface area contributed by atoms with Crippen LogP contribution in [0.2, 0.25) is 0 Å². The highest BCUT2D eigenvalue weighted by atomic mass is 32.2. The van der Waals surface area contributed by atoms with Crippen LogP contribution in [0.4, 0.5) is 18.3 Å². The van der Waals surface area contributed by atoms with Gasteiger partial charge < -0.3 is 31.1 Å². The number of nitrogens with zero attached hydrogens (tertiary/aromatic N) is 6. The lowest BCUT2D eigenvalue weighted by atomic mass is 10.0. The number of carboxylic acid groups (broad SMARTS) is 1. The summed E-state index contributed by atoms with van der Waals surface area (Å²) in [6.07, 6.45) is -1.90. The molecule has 4 N–H and O–H groups in total. The van der Waals surface area contributed by atoms with Gasteiger partial charge in [0, 0.05) is 28.2 Å². The first kappa shape index (κ1) is 30.2. The number of β-lactam (4-membered cyclic amide) rings is 1. The first-order valence-electron chi connectivity index (χ1n) is 12.2. The van der Waals surface area contributed by atoms with E-state index < -0.39 is 53.5 Å². The third-order valence-electron chi connectivity index (χ3n) is 6.22. The number of aliphatic carboxylic acids is 1. The van der Waals surface area contributed by atoms with Gasteiger partial charge in [-0.2, -0.15) is 26.9 Å². The molecule has 0 bridgehead atoms. The fourth-order valence-electron chi connectivity index (χ4n) is 4.38. The molecule has 5 heterocycles. The van der Waals surface area contributed by atoms with Crippen molar-refractivity contribution in [1.82, 2.24) is 29.3 Å². The molecule has 0 unspecified atom stereocenters. The molecule has 0 radical (unpaired) electrons. The van der Waals surface area contributed by atoms with E-state index in [0.29, 0.717) is 4.83 Å². The second-order valence-electron chi connectivity index (χ2n) is 8.88. The molecular formula is C22H20F3N9O6S3. The van der Waals surface area contributed by atoms with Crippen molar-refractivity contribution in [2.75, 3.05) is 18.1 Å². The summed E-state index contributed by atoms with van der Waals surface area (Å²) in [5.74, 6) is -5.14. The van der Waals surface area contributed by atoms with Crippen LogP contribution in [-0.4, -0.2) is 78.0 Å². The van der Waals surface area contributed by atoms with Gasteiger partial charge in [0.15, 0.2) is 5.13 Å². The molecule has 2 aliphatic rings. The van der Waals surface area contributed by atoms with E-state index in [-0.39, 0.29) is 47.0 Å². The Kier molecular flexibility index (Phi) is 8.29. The number of oxime groups is 1. The third-order valence-corrected chi connectivity index (χ3v) is 8.90. The largest absolute Gasteiger partial charge is 0.543 e. The molecule has 2 aliphatic heterocycles. The summed E-state index contributed by atoms with van der Waals surface area (Å²) in [5.41, 5.74) is 5.10. The van der Waals surface area contributed by atoms with Gasteiger partial charge in [-0.1, -0.05) is 16.5 Å². The lowest BCUT2D eigenvalue weighted by Gasteiger charge is -2.50. The van der Waals surface area contributed by atoms with Crippen LogP contribution in [0, 0.1) is 0 Å². The normalized spacial score (nSPS) is 18.8. The summed E-state index contributed by atoms with van der Waals surface area (Å²) in [6, 6.07) is -1.13. The van der Waals surface area contributed by atoms with Crippen LogP contribution < -0.4 is 26.0 Å². The quantitative estimate of drug-likeness (QED) is 0.102. The molecule has 0 aromatic carbocycles. The molecule has 228 valence electrons. The fraction of sp³-hybridized carbons (Fsp3) is 0.364. The molecule has 1 fully saturated rings. The van der Waals surface area contributed by atoms with Gasteiger partial charge in [0.05, 0.1) is 11.7 Å². The lowest BCUT2D eigenvalue weighted by molar-refractivity contribution is -0.695. The Morgan fingerprint density at radius 2 is 2.12 bits per heavy atom. The topological polar surface area (TPSA) is 200 Å². The average molecular weight is 660 g/mol. The smallest absolute Gasteiger partial charge is 0.471 e. The summed E-state index contributed by atoms with van der Waals surface area (Å²) in [7, 11) is 0. The molecule has 3 amide bonds. The summed E-state index contributed by atoms with van der Waals surface area (Å²) >= 11 is 3.26. The van der Waals surface area contributed by atoms with E-state index >= 15 is 0 Å². The van der Waals surface area contributed by atoms with Gasteiger partial charge in [0.25, 0.3) is 17.6 Å². The van der Waals surface area contributed by atoms with E-state index in [1.807, 2.05) is 5.32 Å². The number of thiazole rings is 1. The van der Waals surface area contributed by atoms with Crippen LogP contribution in [0.1, 0.15) is 18.6 Å². The number of rotatable bonds is 10. The van der Waals surface area contributed by atoms with Crippen molar-refractivity contribution in [2.45, 2.75) is 37.6 Å². The maximum absolute atomic E-state index is 13.1. The highest BCUT2D eigenvalue weighted by molar-refractivity contribution is 8.00. The lowest BCUT2D eigenvalue weighted by Crippen LogP contribution is -2.71. The molecule has 21 heteroatoms. The van der Waals surface area contributed by atoms with Crippen LogP contribution in [0.5, 0.6) is 0 Å². The minimum Gasteiger partial charge on any atom is -0.543 e. The number of nitrogen functional groups attached to an aromatic ring is 1. The van der Waals surface area contributed by atoms with Crippen LogP contribution in [-0.2, 0) is 37.1 Å². The van der Waals surface area contributed by atoms with Gasteiger partial charge in [-0.25, -0.2) is 4.57 Å². The van der Waals surface area contributed by atoms with E-state index in [0.717, 1.165) is 16.4 Å². The fourth-order valence-corrected chi connectivity index (χ4v) is 6.94. The van der Waals surface area contributed by atoms with Crippen molar-refractivity contribution < 1.29 is 46.9 Å². The second-order valence-corrected chi connectivity index (χ2v) is 11.7. The van der Waals surface area contributed by atoms with Crippen molar-refractivity contribution in [3.8, 4) is 0 Å². The van der Waals surface area contributed by atoms with Gasteiger partial charge in [0.2, 0.25) is 16.4 Å². The van der Waals surface area contributed by atoms with E-state index in [2.05, 4.69) is 19.8 Å². The Hall–Kier alpha value is -4.24. The van der Waals surface area contributed by atoms with E-state index in [4.69, 9.17) is 10.6 Å². The number of aromatic nitrogens is 4. The molecular weight excluding hydrogens is 639 g/mol. The summed E-state index contributed by atoms with van der Waals surface area (Å²) in [4.78, 5) is 60.3. The SMILES string of the molecule is CCO/N=C(\C(=O)N[C@@H]1C(=O)N2C(C(=O)[O-])=C(C[n+]3cc4sccn4c3CNC(=O)C(F)(F)F)CS[C@H]12)c1nsc(N)n1. The monoisotopic (exact) mass is 659 g/mol. The minimum atomic E-state index is -5.08. The zero-order valence-corrected chi connectivity index (χ0v) is 24.2. The summed E-state index contributed by atoms with van der Waals surface area (Å²) in [6.45, 7) is 1.13. The van der Waals surface area contributed by atoms with Crippen LogP contribution in [0.15, 0.2) is 34.2 Å². The van der Waals surface area contributed by atoms with Gasteiger partial charge in [-0.15, -0.1) is 11.8 Å². The van der Waals surface area contributed by atoms with E-state index in [9.17, 15) is 37.5 Å². The predicted octanol–water partition coefficient (Wildman–Crippen LogP) is -1.25. The molecule has 0 saturated carbocycles. The Morgan fingerprint density at radius 1 is 1.35 bits per heavy atom. The number of nitrogens with two attached hydrogens (primary N) is 1. The number of imidazole rings is 1. The number of carbonyl (C=O) groups excluding carboxylic acids is 4. The van der Waals surface area contributed by atoms with Crippen molar-refractivity contribution >= 4 is 74.0 Å². The van der Waals surface area contributed by atoms with Crippen molar-refractivity contribution in [1.29, 1.82) is 0 Å². The second kappa shape index (κ2) is 11.8. The summed E-state index contributed by atoms with van der Waals surface area (Å²) in [5, 5.41) is 21.3. The Balaban J connectivity index is 1.37. The number of fused-ring (bicyclic) bond motifs is 2. The number of carbonyl (C=O) groups is 4. The Morgan fingerprint density at radius 3 is 2.77 bits per heavy atom. The maximum atomic E-state index is 13.1. The molecule has 1 saturated heterocycles. The predicted molar refractivity (Wildman–Crippen MR) is 143 cm³/mol. The van der Waals surface area contributed by atoms with E-state index in [1.54, 1.807) is 29.1 Å². The number of thioether (sulfide) groups is 1. The zero-order chi connectivity index (χ0) is 31.1. The highest BCUT2D eigenvalue weighted by Gasteiger charge is 2.53. The molecule has 3 aromatic rings. The number of amides is 3. The Labute approximate surface area is 251 Å². The van der Waals surface area contributed by atoms with Gasteiger partial charge in [-0.3, -0.25) is 19.3 Å². The summed E-state index contributed by atoms with van der Waals surface area (Å²) < 4.78 is 45.3. The number of halogens is 3. The molecule has 0 aliphatic carbocycles. The number of hydrogen-bond donors (Lipinski definition) is 3. The first-order valence-corrected chi connectivity index (χ1v) is 14.9. The van der Waals surface area contributed by atoms with Crippen molar-refractivity contribution in [3.63, 3.8) is 0 Å². The number of anilines is 1. The number of alkyl halides is 3. The van der Waals surface area contributed by atoms with Crippen LogP contribution in [0.25, 0.3) is 4.83 Å². The first-order chi connectivity index (χ1) is 20.4. The van der Waals surface area contributed by atoms with E-state index in [1.165, 1.54) is 27.7 Å². The Bertz CT molecular complexity index is 1680. The zero-order valence-electron chi connectivity index (χ0n) is 21.8. The van der Waals surface area contributed by atoms with Gasteiger partial charge in [0.1, 0.15) is 43.5 Å². The minimum absolute atomic E-state index is 0.0730. The van der Waals surface area contributed by atoms with Crippen LogP contribution in [0.3, 0.4) is 0 Å². The molecule has 2 atom stereocenters. The van der Waals surface area contributed by atoms with Crippen LogP contribution >= 0.6 is 34.6 Å². The molecule has 15 nitrogen and oxygen atoms in total. The van der Waals surface area contributed by atoms with Crippen molar-refractivity contribution in [2.24, 2.45) is 5.16 Å². The standard InChI is InChI=1S/C22H20F3N9O6S3/c1-2-40-30-12(15-29-21(26)43-31-15)16(35)28-13-17(36)34-14(19(37)38)9(8-42-18(13)34)6-32-7-11-33(3-4-41-11)10(32)5-27-20(39)22(23,24)25/h3-4,7,13,18H,2,5-6,8H2,1H3,(H4-,26,27,28,29,31,35,37,38,39)/b30-12-/t13-,18-/m1/s1. The average Bonchev–Trinajstić information content (AvgIpc) is 3.66. The molecule has 0 spiro atoms.